The second-order valence-electron chi connectivity index (χ2n) is 6.12. The Morgan fingerprint density at radius 3 is 2.76 bits per heavy atom. The molecule has 0 aromatic heterocycles. The van der Waals surface area contributed by atoms with Crippen LogP contribution in [0.2, 0.25) is 0 Å². The van der Waals surface area contributed by atoms with E-state index in [0.717, 1.165) is 12.1 Å². The largest absolute Gasteiger partial charge is 0.323 e. The Morgan fingerprint density at radius 2 is 2.04 bits per heavy atom. The summed E-state index contributed by atoms with van der Waals surface area (Å²) in [5, 5.41) is 2.81. The first-order chi connectivity index (χ1) is 12.0. The van der Waals surface area contributed by atoms with Gasteiger partial charge < -0.3 is 15.1 Å². The summed E-state index contributed by atoms with van der Waals surface area (Å²) in [5.74, 6) is -0.221. The second-order valence-corrected chi connectivity index (χ2v) is 6.12. The number of rotatable bonds is 4. The van der Waals surface area contributed by atoms with Crippen LogP contribution in [0.5, 0.6) is 0 Å². The zero-order chi connectivity index (χ0) is 17.8. The first kappa shape index (κ1) is 17.0. The maximum atomic E-state index is 13.2. The van der Waals surface area contributed by atoms with Gasteiger partial charge in [0.1, 0.15) is 5.82 Å². The number of hydrogen-bond acceptors (Lipinski definition) is 2. The Balaban J connectivity index is 1.65. The van der Waals surface area contributed by atoms with Gasteiger partial charge in [0.2, 0.25) is 5.91 Å². The number of halogens is 1. The lowest BCUT2D eigenvalue weighted by atomic mass is 10.2. The maximum absolute atomic E-state index is 13.2. The van der Waals surface area contributed by atoms with Crippen molar-refractivity contribution in [3.63, 3.8) is 0 Å². The highest BCUT2D eigenvalue weighted by molar-refractivity contribution is 5.96. The highest BCUT2D eigenvalue weighted by Crippen LogP contribution is 2.24. The molecule has 2 aromatic carbocycles. The lowest BCUT2D eigenvalue weighted by Crippen LogP contribution is -2.31. The van der Waals surface area contributed by atoms with Crippen molar-refractivity contribution in [2.24, 2.45) is 0 Å². The fraction of sp³-hybridized carbons (Fsp3) is 0.263. The third-order valence-electron chi connectivity index (χ3n) is 4.14. The minimum atomic E-state index is -0.325. The lowest BCUT2D eigenvalue weighted by molar-refractivity contribution is -0.117. The van der Waals surface area contributed by atoms with E-state index in [1.54, 1.807) is 36.2 Å². The van der Waals surface area contributed by atoms with Crippen molar-refractivity contribution in [1.29, 1.82) is 0 Å². The van der Waals surface area contributed by atoms with E-state index in [-0.39, 0.29) is 17.8 Å². The summed E-state index contributed by atoms with van der Waals surface area (Å²) < 4.78 is 13.2. The fourth-order valence-electron chi connectivity index (χ4n) is 2.87. The van der Waals surface area contributed by atoms with Crippen LogP contribution in [0.3, 0.4) is 0 Å². The van der Waals surface area contributed by atoms with Gasteiger partial charge in [-0.2, -0.15) is 0 Å². The van der Waals surface area contributed by atoms with Crippen molar-refractivity contribution < 1.29 is 14.0 Å². The van der Waals surface area contributed by atoms with Gasteiger partial charge in [-0.05, 0) is 42.3 Å². The van der Waals surface area contributed by atoms with Crippen LogP contribution in [0.15, 0.2) is 48.5 Å². The number of hydrogen-bond donors (Lipinski definition) is 1. The van der Waals surface area contributed by atoms with E-state index in [2.05, 4.69) is 5.32 Å². The highest BCUT2D eigenvalue weighted by atomic mass is 19.1. The fourth-order valence-corrected chi connectivity index (χ4v) is 2.87. The van der Waals surface area contributed by atoms with Gasteiger partial charge in [-0.3, -0.25) is 4.79 Å². The Hall–Kier alpha value is -2.89. The zero-order valence-electron chi connectivity index (χ0n) is 14.0. The number of urea groups is 1. The molecule has 1 saturated heterocycles. The van der Waals surface area contributed by atoms with E-state index in [9.17, 15) is 14.0 Å². The summed E-state index contributed by atoms with van der Waals surface area (Å²) in [5.41, 5.74) is 2.12. The molecule has 0 atom stereocenters. The molecule has 1 aliphatic heterocycles. The van der Waals surface area contributed by atoms with Crippen molar-refractivity contribution in [1.82, 2.24) is 4.90 Å². The summed E-state index contributed by atoms with van der Waals surface area (Å²) in [6.45, 7) is 1.00. The topological polar surface area (TPSA) is 52.7 Å². The molecule has 25 heavy (non-hydrogen) atoms. The van der Waals surface area contributed by atoms with Crippen LogP contribution in [0.1, 0.15) is 18.4 Å². The van der Waals surface area contributed by atoms with Crippen molar-refractivity contribution in [2.75, 3.05) is 23.8 Å². The van der Waals surface area contributed by atoms with Crippen molar-refractivity contribution in [3.8, 4) is 0 Å². The molecule has 1 fully saturated rings. The van der Waals surface area contributed by atoms with E-state index in [4.69, 9.17) is 0 Å². The van der Waals surface area contributed by atoms with E-state index in [1.165, 1.54) is 17.0 Å². The first-order valence-electron chi connectivity index (χ1n) is 8.20. The Bertz CT molecular complexity index is 794. The number of anilines is 2. The molecule has 0 saturated carbocycles. The third kappa shape index (κ3) is 4.15. The quantitative estimate of drug-likeness (QED) is 0.923. The summed E-state index contributed by atoms with van der Waals surface area (Å²) in [7, 11) is 1.65. The maximum Gasteiger partial charge on any atom is 0.321 e. The molecule has 0 unspecified atom stereocenters. The van der Waals surface area contributed by atoms with E-state index in [1.807, 2.05) is 12.1 Å². The molecule has 0 spiro atoms. The highest BCUT2D eigenvalue weighted by Gasteiger charge is 2.22. The lowest BCUT2D eigenvalue weighted by Gasteiger charge is -2.20. The number of nitrogens with one attached hydrogen (secondary N) is 1. The minimum absolute atomic E-state index is 0.103. The predicted molar refractivity (Wildman–Crippen MR) is 94.9 cm³/mol. The number of nitrogens with zero attached hydrogens (tertiary/aromatic N) is 2. The molecule has 0 bridgehead atoms. The monoisotopic (exact) mass is 341 g/mol. The predicted octanol–water partition coefficient (Wildman–Crippen LogP) is 3.62. The van der Waals surface area contributed by atoms with Crippen molar-refractivity contribution in [2.45, 2.75) is 19.4 Å². The van der Waals surface area contributed by atoms with Crippen LogP contribution in [-0.4, -0.2) is 30.4 Å². The van der Waals surface area contributed by atoms with Gasteiger partial charge in [0, 0.05) is 37.9 Å². The molecule has 1 heterocycles. The Morgan fingerprint density at radius 1 is 1.24 bits per heavy atom. The normalized spacial score (nSPS) is 13.8. The molecule has 3 rings (SSSR count). The number of benzene rings is 2. The summed E-state index contributed by atoms with van der Waals surface area (Å²) in [4.78, 5) is 27.4. The number of carbonyl (C=O) groups excluding carboxylic acids is 2. The molecular weight excluding hydrogens is 321 g/mol. The Kier molecular flexibility index (Phi) is 4.97. The molecule has 0 aliphatic carbocycles. The van der Waals surface area contributed by atoms with Gasteiger partial charge in [0.15, 0.2) is 0 Å². The van der Waals surface area contributed by atoms with Crippen LogP contribution < -0.4 is 10.2 Å². The molecule has 130 valence electrons. The van der Waals surface area contributed by atoms with Crippen molar-refractivity contribution >= 4 is 23.3 Å². The van der Waals surface area contributed by atoms with Gasteiger partial charge in [-0.15, -0.1) is 0 Å². The average Bonchev–Trinajstić information content (AvgIpc) is 3.01. The van der Waals surface area contributed by atoms with Crippen LogP contribution in [0.4, 0.5) is 20.6 Å². The van der Waals surface area contributed by atoms with Crippen LogP contribution >= 0.6 is 0 Å². The minimum Gasteiger partial charge on any atom is -0.323 e. The van der Waals surface area contributed by atoms with Crippen molar-refractivity contribution in [3.05, 3.63) is 59.9 Å². The molecular formula is C19H20FN3O2. The molecule has 1 aliphatic rings. The zero-order valence-corrected chi connectivity index (χ0v) is 14.0. The molecule has 3 amide bonds. The van der Waals surface area contributed by atoms with Gasteiger partial charge in [0.25, 0.3) is 0 Å². The summed E-state index contributed by atoms with van der Waals surface area (Å²) in [6.07, 6.45) is 1.42. The summed E-state index contributed by atoms with van der Waals surface area (Å²) in [6, 6.07) is 13.1. The van der Waals surface area contributed by atoms with E-state index >= 15 is 0 Å². The number of carbonyl (C=O) groups is 2. The smallest absolute Gasteiger partial charge is 0.321 e. The van der Waals surface area contributed by atoms with E-state index in [0.29, 0.717) is 30.8 Å². The Labute approximate surface area is 146 Å². The molecule has 1 N–H and O–H groups in total. The molecule has 6 heteroatoms. The number of amides is 3. The SMILES string of the molecule is CN(Cc1cccc(F)c1)C(=O)Nc1cccc(N2CCCC2=O)c1. The molecule has 0 radical (unpaired) electrons. The van der Waals surface area contributed by atoms with Crippen LogP contribution in [-0.2, 0) is 11.3 Å². The van der Waals surface area contributed by atoms with Gasteiger partial charge in [-0.25, -0.2) is 9.18 Å². The van der Waals surface area contributed by atoms with Gasteiger partial charge in [0.05, 0.1) is 0 Å². The molecule has 5 nitrogen and oxygen atoms in total. The average molecular weight is 341 g/mol. The third-order valence-corrected chi connectivity index (χ3v) is 4.14. The van der Waals surface area contributed by atoms with Gasteiger partial charge >= 0.3 is 6.03 Å². The van der Waals surface area contributed by atoms with Gasteiger partial charge in [-0.1, -0.05) is 18.2 Å². The first-order valence-corrected chi connectivity index (χ1v) is 8.20. The standard InChI is InChI=1S/C19H20FN3O2/c1-22(13-14-5-2-6-15(20)11-14)19(25)21-16-7-3-8-17(12-16)23-10-4-9-18(23)24/h2-3,5-8,11-12H,4,9-10,13H2,1H3,(H,21,25). The van der Waals surface area contributed by atoms with Crippen LogP contribution in [0, 0.1) is 5.82 Å². The molecule has 2 aromatic rings. The van der Waals surface area contributed by atoms with Crippen LogP contribution in [0.25, 0.3) is 0 Å². The summed E-state index contributed by atoms with van der Waals surface area (Å²) >= 11 is 0. The second kappa shape index (κ2) is 7.34. The van der Waals surface area contributed by atoms with E-state index < -0.39 is 0 Å².